The van der Waals surface area contributed by atoms with E-state index in [9.17, 15) is 9.18 Å². The molecule has 92 valence electrons. The number of aromatic carboxylic acids is 1. The number of halogens is 1. The number of carbonyl (C=O) groups is 1. The minimum absolute atomic E-state index is 0.0810. The van der Waals surface area contributed by atoms with Crippen LogP contribution in [0.25, 0.3) is 0 Å². The molecular formula is C12H9FN2O3. The molecule has 0 amide bonds. The number of hydrogen-bond donors (Lipinski definition) is 1. The highest BCUT2D eigenvalue weighted by Crippen LogP contribution is 2.20. The third-order valence-electron chi connectivity index (χ3n) is 2.15. The highest BCUT2D eigenvalue weighted by molar-refractivity contribution is 5.88. The van der Waals surface area contributed by atoms with Crippen molar-refractivity contribution in [2.75, 3.05) is 0 Å². The molecule has 2 aromatic rings. The number of aromatic nitrogens is 2. The van der Waals surface area contributed by atoms with Crippen LogP contribution in [0.4, 0.5) is 4.39 Å². The Morgan fingerprint density at radius 3 is 2.78 bits per heavy atom. The Morgan fingerprint density at radius 2 is 2.17 bits per heavy atom. The SMILES string of the molecule is Cc1ccnc(Oc2ccc(C(=O)O)c(F)c2)n1. The van der Waals surface area contributed by atoms with Gasteiger partial charge in [-0.1, -0.05) is 0 Å². The topological polar surface area (TPSA) is 72.3 Å². The third kappa shape index (κ3) is 2.60. The van der Waals surface area contributed by atoms with E-state index in [-0.39, 0.29) is 11.8 Å². The third-order valence-corrected chi connectivity index (χ3v) is 2.15. The smallest absolute Gasteiger partial charge is 0.338 e. The van der Waals surface area contributed by atoms with Crippen LogP contribution in [0, 0.1) is 12.7 Å². The number of hydrogen-bond acceptors (Lipinski definition) is 4. The summed E-state index contributed by atoms with van der Waals surface area (Å²) < 4.78 is 18.6. The normalized spacial score (nSPS) is 10.1. The fourth-order valence-electron chi connectivity index (χ4n) is 1.31. The van der Waals surface area contributed by atoms with Crippen molar-refractivity contribution in [1.29, 1.82) is 0 Å². The van der Waals surface area contributed by atoms with Gasteiger partial charge in [0.25, 0.3) is 0 Å². The first kappa shape index (κ1) is 12.0. The van der Waals surface area contributed by atoms with E-state index < -0.39 is 17.3 Å². The van der Waals surface area contributed by atoms with Crippen LogP contribution in [0.15, 0.2) is 30.5 Å². The number of aryl methyl sites for hydroxylation is 1. The lowest BCUT2D eigenvalue weighted by molar-refractivity contribution is 0.0692. The van der Waals surface area contributed by atoms with Gasteiger partial charge in [0.1, 0.15) is 11.6 Å². The molecule has 0 aliphatic heterocycles. The summed E-state index contributed by atoms with van der Waals surface area (Å²) in [5, 5.41) is 8.68. The van der Waals surface area contributed by atoms with Crippen molar-refractivity contribution in [2.45, 2.75) is 6.92 Å². The molecule has 2 rings (SSSR count). The summed E-state index contributed by atoms with van der Waals surface area (Å²) in [4.78, 5) is 18.5. The van der Waals surface area contributed by atoms with Gasteiger partial charge >= 0.3 is 12.0 Å². The van der Waals surface area contributed by atoms with Crippen LogP contribution in [-0.4, -0.2) is 21.0 Å². The van der Waals surface area contributed by atoms with Gasteiger partial charge in [0.2, 0.25) is 0 Å². The zero-order valence-electron chi connectivity index (χ0n) is 9.42. The minimum atomic E-state index is -1.33. The van der Waals surface area contributed by atoms with Crippen LogP contribution in [0.1, 0.15) is 16.1 Å². The van der Waals surface area contributed by atoms with Crippen LogP contribution in [-0.2, 0) is 0 Å². The fourth-order valence-corrected chi connectivity index (χ4v) is 1.31. The average molecular weight is 248 g/mol. The monoisotopic (exact) mass is 248 g/mol. The summed E-state index contributed by atoms with van der Waals surface area (Å²) in [6, 6.07) is 5.23. The molecule has 0 saturated carbocycles. The number of carboxylic acid groups (broad SMARTS) is 1. The Balaban J connectivity index is 2.25. The largest absolute Gasteiger partial charge is 0.478 e. The second-order valence-corrected chi connectivity index (χ2v) is 3.53. The van der Waals surface area contributed by atoms with Gasteiger partial charge < -0.3 is 9.84 Å². The molecular weight excluding hydrogens is 239 g/mol. The summed E-state index contributed by atoms with van der Waals surface area (Å²) in [6.07, 6.45) is 1.51. The number of ether oxygens (including phenoxy) is 1. The van der Waals surface area contributed by atoms with Crippen molar-refractivity contribution in [2.24, 2.45) is 0 Å². The second kappa shape index (κ2) is 4.79. The van der Waals surface area contributed by atoms with E-state index in [1.54, 1.807) is 13.0 Å². The molecule has 1 heterocycles. The first-order valence-corrected chi connectivity index (χ1v) is 5.06. The highest BCUT2D eigenvalue weighted by Gasteiger charge is 2.11. The standard InChI is InChI=1S/C12H9FN2O3/c1-7-4-5-14-12(15-7)18-8-2-3-9(11(16)17)10(13)6-8/h2-6H,1H3,(H,16,17). The Morgan fingerprint density at radius 1 is 1.39 bits per heavy atom. The van der Waals surface area contributed by atoms with Gasteiger partial charge in [0.15, 0.2) is 0 Å². The van der Waals surface area contributed by atoms with E-state index in [4.69, 9.17) is 9.84 Å². The Hall–Kier alpha value is -2.50. The lowest BCUT2D eigenvalue weighted by Crippen LogP contribution is -2.01. The van der Waals surface area contributed by atoms with E-state index in [1.165, 1.54) is 12.3 Å². The summed E-state index contributed by atoms with van der Waals surface area (Å²) in [5.41, 5.74) is 0.301. The molecule has 6 heteroatoms. The van der Waals surface area contributed by atoms with Crippen LogP contribution >= 0.6 is 0 Å². The molecule has 1 aromatic carbocycles. The van der Waals surface area contributed by atoms with Crippen molar-refractivity contribution in [3.05, 3.63) is 47.5 Å². The van der Waals surface area contributed by atoms with Crippen molar-refractivity contribution >= 4 is 5.97 Å². The van der Waals surface area contributed by atoms with Crippen LogP contribution in [0.5, 0.6) is 11.8 Å². The van der Waals surface area contributed by atoms with E-state index in [1.807, 2.05) is 0 Å². The fraction of sp³-hybridized carbons (Fsp3) is 0.0833. The first-order valence-electron chi connectivity index (χ1n) is 5.06. The summed E-state index contributed by atoms with van der Waals surface area (Å²) in [5.74, 6) is -2.05. The molecule has 18 heavy (non-hydrogen) atoms. The molecule has 0 aliphatic rings. The van der Waals surface area contributed by atoms with Crippen LogP contribution < -0.4 is 4.74 Å². The molecule has 1 N–H and O–H groups in total. The lowest BCUT2D eigenvalue weighted by Gasteiger charge is -2.05. The van der Waals surface area contributed by atoms with Crippen LogP contribution in [0.2, 0.25) is 0 Å². The van der Waals surface area contributed by atoms with E-state index in [0.717, 1.165) is 12.1 Å². The Labute approximate surface area is 102 Å². The number of carboxylic acids is 1. The second-order valence-electron chi connectivity index (χ2n) is 3.53. The Kier molecular flexibility index (Phi) is 3.18. The first-order chi connectivity index (χ1) is 8.56. The molecule has 0 radical (unpaired) electrons. The summed E-state index contributed by atoms with van der Waals surface area (Å²) in [6.45, 7) is 1.77. The molecule has 0 fully saturated rings. The van der Waals surface area contributed by atoms with E-state index in [2.05, 4.69) is 9.97 Å². The summed E-state index contributed by atoms with van der Waals surface area (Å²) >= 11 is 0. The zero-order chi connectivity index (χ0) is 13.1. The molecule has 0 unspecified atom stereocenters. The molecule has 0 atom stereocenters. The highest BCUT2D eigenvalue weighted by atomic mass is 19.1. The molecule has 0 bridgehead atoms. The lowest BCUT2D eigenvalue weighted by atomic mass is 10.2. The Bertz CT molecular complexity index is 602. The minimum Gasteiger partial charge on any atom is -0.478 e. The summed E-state index contributed by atoms with van der Waals surface area (Å²) in [7, 11) is 0. The van der Waals surface area contributed by atoms with Gasteiger partial charge in [0.05, 0.1) is 5.56 Å². The number of rotatable bonds is 3. The van der Waals surface area contributed by atoms with Crippen molar-refractivity contribution in [3.63, 3.8) is 0 Å². The quantitative estimate of drug-likeness (QED) is 0.902. The maximum atomic E-state index is 13.4. The molecule has 0 spiro atoms. The maximum absolute atomic E-state index is 13.4. The number of nitrogens with zero attached hydrogens (tertiary/aromatic N) is 2. The van der Waals surface area contributed by atoms with Gasteiger partial charge in [-0.3, -0.25) is 0 Å². The van der Waals surface area contributed by atoms with Gasteiger partial charge in [-0.05, 0) is 25.1 Å². The average Bonchev–Trinajstić information content (AvgIpc) is 2.28. The van der Waals surface area contributed by atoms with Gasteiger partial charge in [0, 0.05) is 18.0 Å². The molecule has 0 saturated heterocycles. The van der Waals surface area contributed by atoms with Gasteiger partial charge in [-0.25, -0.2) is 19.2 Å². The molecule has 5 nitrogen and oxygen atoms in total. The predicted molar refractivity (Wildman–Crippen MR) is 60.2 cm³/mol. The van der Waals surface area contributed by atoms with Gasteiger partial charge in [-0.2, -0.15) is 0 Å². The van der Waals surface area contributed by atoms with Crippen LogP contribution in [0.3, 0.4) is 0 Å². The molecule has 0 aliphatic carbocycles. The van der Waals surface area contributed by atoms with Gasteiger partial charge in [-0.15, -0.1) is 0 Å². The number of benzene rings is 1. The molecule has 1 aromatic heterocycles. The van der Waals surface area contributed by atoms with E-state index >= 15 is 0 Å². The van der Waals surface area contributed by atoms with Crippen molar-refractivity contribution in [1.82, 2.24) is 9.97 Å². The zero-order valence-corrected chi connectivity index (χ0v) is 9.42. The van der Waals surface area contributed by atoms with Crippen molar-refractivity contribution < 1.29 is 19.0 Å². The maximum Gasteiger partial charge on any atom is 0.338 e. The van der Waals surface area contributed by atoms with Crippen molar-refractivity contribution in [3.8, 4) is 11.8 Å². The van der Waals surface area contributed by atoms with E-state index in [0.29, 0.717) is 5.69 Å². The predicted octanol–water partition coefficient (Wildman–Crippen LogP) is 2.41.